The summed E-state index contributed by atoms with van der Waals surface area (Å²) >= 11 is 0. The highest BCUT2D eigenvalue weighted by Gasteiger charge is 2.10. The number of amides is 1. The Kier molecular flexibility index (Phi) is 8.93. The molecule has 2 N–H and O–H groups in total. The fourth-order valence-corrected chi connectivity index (χ4v) is 3.15. The molecular weight excluding hydrogens is 408 g/mol. The summed E-state index contributed by atoms with van der Waals surface area (Å²) in [6, 6.07) is 24.6. The molecule has 0 aliphatic rings. The van der Waals surface area contributed by atoms with Gasteiger partial charge < -0.3 is 15.4 Å². The summed E-state index contributed by atoms with van der Waals surface area (Å²) < 4.78 is 6.04. The maximum atomic E-state index is 12.7. The van der Waals surface area contributed by atoms with Crippen LogP contribution in [-0.2, 0) is 0 Å². The molecule has 0 heterocycles. The van der Waals surface area contributed by atoms with Crippen molar-refractivity contribution in [3.63, 3.8) is 0 Å². The van der Waals surface area contributed by atoms with Crippen molar-refractivity contribution in [3.8, 4) is 23.3 Å². The van der Waals surface area contributed by atoms with Gasteiger partial charge in [-0.1, -0.05) is 60.9 Å². The molecule has 0 unspecified atom stereocenters. The molecule has 0 spiro atoms. The molecule has 1 amide bonds. The summed E-state index contributed by atoms with van der Waals surface area (Å²) in [4.78, 5) is 12.7. The predicted molar refractivity (Wildman–Crippen MR) is 134 cm³/mol. The summed E-state index contributed by atoms with van der Waals surface area (Å²) in [6.45, 7) is 4.38. The first-order valence-corrected chi connectivity index (χ1v) is 10.9. The van der Waals surface area contributed by atoms with Crippen LogP contribution < -0.4 is 15.4 Å². The van der Waals surface area contributed by atoms with Gasteiger partial charge in [0, 0.05) is 24.7 Å². The number of para-hydroxylation sites is 1. The molecule has 0 atom stereocenters. The molecule has 0 fully saturated rings. The Labute approximate surface area is 196 Å². The number of rotatable bonds is 9. The zero-order chi connectivity index (χ0) is 23.3. The lowest BCUT2D eigenvalue weighted by Gasteiger charge is -2.10. The van der Waals surface area contributed by atoms with Crippen molar-refractivity contribution in [1.29, 1.82) is 0 Å². The molecule has 4 heteroatoms. The molecule has 3 aromatic carbocycles. The van der Waals surface area contributed by atoms with Crippen LogP contribution in [0.5, 0.6) is 11.5 Å². The summed E-state index contributed by atoms with van der Waals surface area (Å²) in [5, 5.41) is 5.98. The van der Waals surface area contributed by atoms with E-state index in [2.05, 4.69) is 29.1 Å². The second-order valence-electron chi connectivity index (χ2n) is 7.31. The van der Waals surface area contributed by atoms with Crippen LogP contribution in [0.25, 0.3) is 0 Å². The van der Waals surface area contributed by atoms with Crippen LogP contribution in [-0.4, -0.2) is 19.5 Å². The number of nitrogens with one attached hydrogen (secondary N) is 2. The Bertz CT molecular complexity index is 1160. The van der Waals surface area contributed by atoms with E-state index in [0.29, 0.717) is 29.2 Å². The number of carbonyl (C=O) groups is 1. The van der Waals surface area contributed by atoms with Crippen LogP contribution in [0.2, 0.25) is 0 Å². The molecule has 0 aliphatic heterocycles. The highest BCUT2D eigenvalue weighted by atomic mass is 16.5. The number of hydrogen-bond acceptors (Lipinski definition) is 3. The van der Waals surface area contributed by atoms with Gasteiger partial charge in [-0.3, -0.25) is 4.79 Å². The molecule has 0 aromatic heterocycles. The van der Waals surface area contributed by atoms with Crippen molar-refractivity contribution in [2.75, 3.05) is 13.6 Å². The lowest BCUT2D eigenvalue weighted by molar-refractivity contribution is 0.0953. The first kappa shape index (κ1) is 23.4. The van der Waals surface area contributed by atoms with Crippen molar-refractivity contribution >= 4 is 5.91 Å². The molecule has 0 saturated carbocycles. The summed E-state index contributed by atoms with van der Waals surface area (Å²) in [7, 11) is 1.86. The number of hydrogen-bond donors (Lipinski definition) is 2. The molecule has 0 saturated heterocycles. The van der Waals surface area contributed by atoms with Crippen LogP contribution in [0.1, 0.15) is 34.3 Å². The Balaban J connectivity index is 1.76. The van der Waals surface area contributed by atoms with Crippen LogP contribution in [0.3, 0.4) is 0 Å². The zero-order valence-electron chi connectivity index (χ0n) is 18.8. The van der Waals surface area contributed by atoms with Gasteiger partial charge in [0.05, 0.1) is 5.56 Å². The van der Waals surface area contributed by atoms with E-state index >= 15 is 0 Å². The Hall–Kier alpha value is -4.23. The molecule has 4 nitrogen and oxygen atoms in total. The third-order valence-electron chi connectivity index (χ3n) is 4.85. The Morgan fingerprint density at radius 3 is 2.42 bits per heavy atom. The van der Waals surface area contributed by atoms with Crippen molar-refractivity contribution in [1.82, 2.24) is 10.6 Å². The maximum Gasteiger partial charge on any atom is 0.251 e. The summed E-state index contributed by atoms with van der Waals surface area (Å²) in [5.74, 6) is 7.50. The summed E-state index contributed by atoms with van der Waals surface area (Å²) in [6.07, 6.45) is 5.39. The van der Waals surface area contributed by atoms with Crippen molar-refractivity contribution in [3.05, 3.63) is 120 Å². The van der Waals surface area contributed by atoms with Gasteiger partial charge in [-0.2, -0.15) is 0 Å². The highest BCUT2D eigenvalue weighted by Crippen LogP contribution is 2.26. The van der Waals surface area contributed by atoms with Gasteiger partial charge in [-0.05, 0) is 67.1 Å². The predicted octanol–water partition coefficient (Wildman–Crippen LogP) is 5.68. The van der Waals surface area contributed by atoms with E-state index in [1.165, 1.54) is 0 Å². The average Bonchev–Trinajstić information content (AvgIpc) is 2.86. The fourth-order valence-electron chi connectivity index (χ4n) is 3.15. The lowest BCUT2D eigenvalue weighted by Crippen LogP contribution is -2.24. The van der Waals surface area contributed by atoms with Gasteiger partial charge in [0.25, 0.3) is 5.91 Å². The zero-order valence-corrected chi connectivity index (χ0v) is 18.8. The van der Waals surface area contributed by atoms with Gasteiger partial charge in [-0.15, -0.1) is 0 Å². The van der Waals surface area contributed by atoms with Gasteiger partial charge in [-0.25, -0.2) is 0 Å². The quantitative estimate of drug-likeness (QED) is 0.258. The molecule has 0 aliphatic carbocycles. The van der Waals surface area contributed by atoms with Crippen LogP contribution in [0.4, 0.5) is 0 Å². The minimum Gasteiger partial charge on any atom is -0.456 e. The second kappa shape index (κ2) is 12.6. The van der Waals surface area contributed by atoms with Gasteiger partial charge in [0.15, 0.2) is 0 Å². The lowest BCUT2D eigenvalue weighted by atomic mass is 10.1. The van der Waals surface area contributed by atoms with E-state index in [-0.39, 0.29) is 5.91 Å². The molecule has 3 rings (SSSR count). The average molecular weight is 437 g/mol. The van der Waals surface area contributed by atoms with Crippen LogP contribution in [0.15, 0.2) is 103 Å². The van der Waals surface area contributed by atoms with E-state index in [0.717, 1.165) is 24.0 Å². The van der Waals surface area contributed by atoms with Crippen molar-refractivity contribution < 1.29 is 9.53 Å². The minimum atomic E-state index is -0.137. The largest absolute Gasteiger partial charge is 0.456 e. The monoisotopic (exact) mass is 436 g/mol. The van der Waals surface area contributed by atoms with Crippen LogP contribution >= 0.6 is 0 Å². The third-order valence-corrected chi connectivity index (χ3v) is 4.85. The molecule has 0 bridgehead atoms. The molecule has 166 valence electrons. The Morgan fingerprint density at radius 1 is 1.00 bits per heavy atom. The highest BCUT2D eigenvalue weighted by molar-refractivity contribution is 5.94. The topological polar surface area (TPSA) is 50.4 Å². The number of ether oxygens (including phenoxy) is 1. The molecule has 3 aromatic rings. The van der Waals surface area contributed by atoms with Gasteiger partial charge in [0.2, 0.25) is 0 Å². The maximum absolute atomic E-state index is 12.7. The Morgan fingerprint density at radius 2 is 1.73 bits per heavy atom. The normalized spacial score (nSPS) is 10.5. The molecule has 33 heavy (non-hydrogen) atoms. The van der Waals surface area contributed by atoms with E-state index < -0.39 is 0 Å². The molecular formula is C29H28N2O2. The van der Waals surface area contributed by atoms with Crippen LogP contribution in [0, 0.1) is 11.8 Å². The standard InChI is InChI=1S/C29H28N2O2/c1-3-23(22-30-2)13-10-20-31-29(32)26-18-19-28(33-27-14-8-5-9-15-27)25(21-26)17-16-24-11-6-4-7-12-24/h3-9,11-12,14-15,18-19,21-22,30H,1,10,13,20H2,2H3,(H,31,32)/b23-22+. The van der Waals surface area contributed by atoms with Crippen molar-refractivity contribution in [2.45, 2.75) is 12.8 Å². The number of benzene rings is 3. The summed E-state index contributed by atoms with van der Waals surface area (Å²) in [5.41, 5.74) is 3.20. The van der Waals surface area contributed by atoms with Gasteiger partial charge in [0.1, 0.15) is 11.5 Å². The van der Waals surface area contributed by atoms with Gasteiger partial charge >= 0.3 is 0 Å². The first-order valence-electron chi connectivity index (χ1n) is 10.9. The van der Waals surface area contributed by atoms with E-state index in [1.807, 2.05) is 80.0 Å². The first-order chi connectivity index (χ1) is 16.2. The van der Waals surface area contributed by atoms with E-state index in [4.69, 9.17) is 4.74 Å². The second-order valence-corrected chi connectivity index (χ2v) is 7.31. The number of allylic oxidation sites excluding steroid dienone is 2. The SMILES string of the molecule is C=C/C(=C\NC)CCCNC(=O)c1ccc(Oc2ccccc2)c(C#Cc2ccccc2)c1. The minimum absolute atomic E-state index is 0.137. The molecule has 0 radical (unpaired) electrons. The third kappa shape index (κ3) is 7.45. The fraction of sp³-hybridized carbons (Fsp3) is 0.138. The smallest absolute Gasteiger partial charge is 0.251 e. The van der Waals surface area contributed by atoms with E-state index in [1.54, 1.807) is 18.2 Å². The van der Waals surface area contributed by atoms with Crippen molar-refractivity contribution in [2.24, 2.45) is 0 Å². The van der Waals surface area contributed by atoms with E-state index in [9.17, 15) is 4.79 Å². The number of carbonyl (C=O) groups excluding carboxylic acids is 1.